The molecule has 6 nitrogen and oxygen atoms in total. The molecule has 4 rings (SSSR count). The molecule has 0 N–H and O–H groups in total. The van der Waals surface area contributed by atoms with Crippen molar-refractivity contribution in [2.75, 3.05) is 39.6 Å². The van der Waals surface area contributed by atoms with Crippen molar-refractivity contribution in [3.8, 4) is 11.5 Å². The highest BCUT2D eigenvalue weighted by atomic mass is 32.2. The molecule has 0 amide bonds. The van der Waals surface area contributed by atoms with Crippen molar-refractivity contribution in [1.29, 1.82) is 0 Å². The van der Waals surface area contributed by atoms with E-state index >= 15 is 0 Å². The molecular weight excluding hydrogens is 388 g/mol. The van der Waals surface area contributed by atoms with Gasteiger partial charge in [0.25, 0.3) is 0 Å². The van der Waals surface area contributed by atoms with Gasteiger partial charge in [-0.3, -0.25) is 4.90 Å². The molecular formula is C22H34N2O4S. The minimum atomic E-state index is -3.22. The summed E-state index contributed by atoms with van der Waals surface area (Å²) in [5.41, 5.74) is 2.58. The molecule has 2 fully saturated rings. The normalized spacial score (nSPS) is 27.8. The highest BCUT2D eigenvalue weighted by Crippen LogP contribution is 2.46. The molecule has 0 aromatic heterocycles. The second kappa shape index (κ2) is 8.08. The Bertz CT molecular complexity index is 855. The minimum Gasteiger partial charge on any atom is -0.493 e. The highest BCUT2D eigenvalue weighted by molar-refractivity contribution is 7.89. The Balaban J connectivity index is 1.66. The lowest BCUT2D eigenvalue weighted by atomic mass is 9.77. The molecule has 7 heteroatoms. The fourth-order valence-corrected chi connectivity index (χ4v) is 7.70. The maximum atomic E-state index is 13.1. The summed E-state index contributed by atoms with van der Waals surface area (Å²) in [6, 6.07) is 4.56. The summed E-state index contributed by atoms with van der Waals surface area (Å²) in [6.45, 7) is 6.64. The number of piperidine rings is 2. The number of hydrogen-bond donors (Lipinski definition) is 0. The van der Waals surface area contributed by atoms with Crippen LogP contribution in [0.2, 0.25) is 0 Å². The second-order valence-corrected chi connectivity index (χ2v) is 11.1. The molecule has 0 radical (unpaired) electrons. The molecule has 2 saturated heterocycles. The van der Waals surface area contributed by atoms with Crippen LogP contribution in [0.15, 0.2) is 12.1 Å². The first-order valence-electron chi connectivity index (χ1n) is 10.8. The number of benzene rings is 1. The lowest BCUT2D eigenvalue weighted by Crippen LogP contribution is -2.57. The standard InChI is InChI=1S/C22H34N2O4S/c1-15(2)14-29(25,26)24-8-5-6-17-13-23-9-7-16-10-21(27-3)22(28-4)11-18(16)20(23)12-19(17)24/h10-11,15,17,19-20H,5-9,12-14H2,1-4H3/t17-,19+,20+/m1/s1. The number of ether oxygens (including phenoxy) is 2. The molecule has 29 heavy (non-hydrogen) atoms. The second-order valence-electron chi connectivity index (χ2n) is 9.16. The quantitative estimate of drug-likeness (QED) is 0.730. The molecule has 0 bridgehead atoms. The van der Waals surface area contributed by atoms with Crippen LogP contribution in [0.25, 0.3) is 0 Å². The Morgan fingerprint density at radius 2 is 1.86 bits per heavy atom. The molecule has 1 aromatic carbocycles. The summed E-state index contributed by atoms with van der Waals surface area (Å²) in [5, 5.41) is 0. The van der Waals surface area contributed by atoms with E-state index in [2.05, 4.69) is 17.0 Å². The number of methoxy groups -OCH3 is 2. The fourth-order valence-electron chi connectivity index (χ4n) is 5.59. The molecule has 1 aromatic rings. The van der Waals surface area contributed by atoms with Crippen LogP contribution in [0.1, 0.15) is 50.3 Å². The van der Waals surface area contributed by atoms with Crippen molar-refractivity contribution < 1.29 is 17.9 Å². The van der Waals surface area contributed by atoms with Crippen LogP contribution in [0.4, 0.5) is 0 Å². The van der Waals surface area contributed by atoms with Crippen LogP contribution < -0.4 is 9.47 Å². The monoisotopic (exact) mass is 422 g/mol. The van der Waals surface area contributed by atoms with Crippen LogP contribution >= 0.6 is 0 Å². The third-order valence-electron chi connectivity index (χ3n) is 6.82. The van der Waals surface area contributed by atoms with Gasteiger partial charge in [-0.1, -0.05) is 13.8 Å². The molecule has 3 heterocycles. The van der Waals surface area contributed by atoms with E-state index in [1.807, 2.05) is 18.2 Å². The van der Waals surface area contributed by atoms with Gasteiger partial charge in [-0.25, -0.2) is 8.42 Å². The zero-order chi connectivity index (χ0) is 20.8. The van der Waals surface area contributed by atoms with Crippen molar-refractivity contribution in [3.63, 3.8) is 0 Å². The summed E-state index contributed by atoms with van der Waals surface area (Å²) in [6.07, 6.45) is 3.96. The summed E-state index contributed by atoms with van der Waals surface area (Å²) >= 11 is 0. The molecule has 0 unspecified atom stereocenters. The van der Waals surface area contributed by atoms with Gasteiger partial charge in [0.05, 0.1) is 20.0 Å². The van der Waals surface area contributed by atoms with Gasteiger partial charge in [-0.05, 0) is 60.8 Å². The topological polar surface area (TPSA) is 59.1 Å². The van der Waals surface area contributed by atoms with Gasteiger partial charge in [0.1, 0.15) is 0 Å². The molecule has 162 valence electrons. The van der Waals surface area contributed by atoms with Crippen LogP contribution in [-0.2, 0) is 16.4 Å². The summed E-state index contributed by atoms with van der Waals surface area (Å²) < 4.78 is 39.1. The van der Waals surface area contributed by atoms with Crippen molar-refractivity contribution in [2.24, 2.45) is 11.8 Å². The molecule has 0 aliphatic carbocycles. The first kappa shape index (κ1) is 20.9. The SMILES string of the molecule is COc1cc2c(cc1OC)[C@@H]1C[C@H]3[C@H](CCCN3S(=O)(=O)CC(C)C)CN1CC2. The fraction of sp³-hybridized carbons (Fsp3) is 0.727. The van der Waals surface area contributed by atoms with E-state index in [4.69, 9.17) is 9.47 Å². The third kappa shape index (κ3) is 3.89. The zero-order valence-corrected chi connectivity index (χ0v) is 18.9. The minimum absolute atomic E-state index is 0.104. The first-order valence-corrected chi connectivity index (χ1v) is 12.4. The van der Waals surface area contributed by atoms with E-state index in [1.54, 1.807) is 14.2 Å². The number of rotatable bonds is 5. The molecule has 3 aliphatic heterocycles. The van der Waals surface area contributed by atoms with Crippen LogP contribution in [0, 0.1) is 11.8 Å². The van der Waals surface area contributed by atoms with E-state index in [1.165, 1.54) is 11.1 Å². The van der Waals surface area contributed by atoms with Gasteiger partial charge in [0.2, 0.25) is 10.0 Å². The van der Waals surface area contributed by atoms with Gasteiger partial charge in [-0.15, -0.1) is 0 Å². The van der Waals surface area contributed by atoms with E-state index < -0.39 is 10.0 Å². The Kier molecular flexibility index (Phi) is 5.84. The number of hydrogen-bond acceptors (Lipinski definition) is 5. The number of sulfonamides is 1. The number of fused-ring (bicyclic) bond motifs is 4. The Morgan fingerprint density at radius 1 is 1.14 bits per heavy atom. The lowest BCUT2D eigenvalue weighted by molar-refractivity contribution is 0.0218. The van der Waals surface area contributed by atoms with Gasteiger partial charge in [0.15, 0.2) is 11.5 Å². The molecule has 0 saturated carbocycles. The highest BCUT2D eigenvalue weighted by Gasteiger charge is 2.46. The molecule has 3 aliphatic rings. The summed E-state index contributed by atoms with van der Waals surface area (Å²) in [4.78, 5) is 2.56. The maximum Gasteiger partial charge on any atom is 0.214 e. The molecule has 0 spiro atoms. The van der Waals surface area contributed by atoms with Crippen molar-refractivity contribution in [3.05, 3.63) is 23.3 Å². The Morgan fingerprint density at radius 3 is 2.55 bits per heavy atom. The van der Waals surface area contributed by atoms with Gasteiger partial charge < -0.3 is 9.47 Å². The van der Waals surface area contributed by atoms with Crippen LogP contribution in [0.3, 0.4) is 0 Å². The van der Waals surface area contributed by atoms with Gasteiger partial charge in [-0.2, -0.15) is 4.31 Å². The average Bonchev–Trinajstić information content (AvgIpc) is 2.69. The van der Waals surface area contributed by atoms with Crippen molar-refractivity contribution in [2.45, 2.75) is 51.6 Å². The smallest absolute Gasteiger partial charge is 0.214 e. The summed E-state index contributed by atoms with van der Waals surface area (Å²) in [7, 11) is 0.119. The average molecular weight is 423 g/mol. The predicted molar refractivity (Wildman–Crippen MR) is 114 cm³/mol. The third-order valence-corrected chi connectivity index (χ3v) is 9.07. The van der Waals surface area contributed by atoms with Crippen LogP contribution in [0.5, 0.6) is 11.5 Å². The predicted octanol–water partition coefficient (Wildman–Crippen LogP) is 3.07. The van der Waals surface area contributed by atoms with Crippen LogP contribution in [-0.4, -0.2) is 63.3 Å². The van der Waals surface area contributed by atoms with Gasteiger partial charge in [0, 0.05) is 31.7 Å². The first-order chi connectivity index (χ1) is 13.8. The zero-order valence-electron chi connectivity index (χ0n) is 18.1. The largest absolute Gasteiger partial charge is 0.493 e. The van der Waals surface area contributed by atoms with Gasteiger partial charge >= 0.3 is 0 Å². The Hall–Kier alpha value is -1.31. The van der Waals surface area contributed by atoms with E-state index in [0.717, 1.165) is 50.3 Å². The lowest BCUT2D eigenvalue weighted by Gasteiger charge is -2.52. The summed E-state index contributed by atoms with van der Waals surface area (Å²) in [5.74, 6) is 2.35. The Labute approximate surface area is 175 Å². The number of nitrogens with zero attached hydrogens (tertiary/aromatic N) is 2. The maximum absolute atomic E-state index is 13.1. The molecule has 3 atom stereocenters. The van der Waals surface area contributed by atoms with E-state index in [0.29, 0.717) is 12.5 Å². The van der Waals surface area contributed by atoms with E-state index in [9.17, 15) is 8.42 Å². The van der Waals surface area contributed by atoms with E-state index in [-0.39, 0.29) is 23.8 Å². The van der Waals surface area contributed by atoms with Crippen molar-refractivity contribution in [1.82, 2.24) is 9.21 Å². The van der Waals surface area contributed by atoms with Crippen molar-refractivity contribution >= 4 is 10.0 Å².